The summed E-state index contributed by atoms with van der Waals surface area (Å²) in [4.78, 5) is 12.7. The maximum Gasteiger partial charge on any atom is 0.416 e. The highest BCUT2D eigenvalue weighted by molar-refractivity contribution is 5.83. The van der Waals surface area contributed by atoms with Crippen LogP contribution < -0.4 is 10.6 Å². The summed E-state index contributed by atoms with van der Waals surface area (Å²) in [5, 5.41) is 5.68. The highest BCUT2D eigenvalue weighted by atomic mass is 19.4. The smallest absolute Gasteiger partial charge is 0.352 e. The molecule has 1 aromatic rings. The van der Waals surface area contributed by atoms with Crippen LogP contribution in [0.15, 0.2) is 18.2 Å². The first-order chi connectivity index (χ1) is 12.5. The molecule has 9 heteroatoms. The van der Waals surface area contributed by atoms with Gasteiger partial charge in [-0.1, -0.05) is 12.8 Å². The first kappa shape index (κ1) is 20.0. The van der Waals surface area contributed by atoms with Crippen LogP contribution in [-0.4, -0.2) is 19.0 Å². The van der Waals surface area contributed by atoms with Gasteiger partial charge in [0, 0.05) is 13.1 Å². The SMILES string of the molecule is O=C(NCc1cc(C(F)(F)F)cc(C(F)(F)F)c1)C1(CC2CC2)CCNC1. The van der Waals surface area contributed by atoms with Crippen molar-refractivity contribution < 1.29 is 31.1 Å². The number of alkyl halides is 6. The van der Waals surface area contributed by atoms with Crippen molar-refractivity contribution in [1.82, 2.24) is 10.6 Å². The zero-order valence-corrected chi connectivity index (χ0v) is 14.4. The molecule has 27 heavy (non-hydrogen) atoms. The van der Waals surface area contributed by atoms with Crippen LogP contribution in [0.25, 0.3) is 0 Å². The van der Waals surface area contributed by atoms with Gasteiger partial charge in [-0.3, -0.25) is 4.79 Å². The predicted molar refractivity (Wildman–Crippen MR) is 85.6 cm³/mol. The molecular formula is C18H20F6N2O. The van der Waals surface area contributed by atoms with Crippen molar-refractivity contribution in [3.63, 3.8) is 0 Å². The molecule has 1 aliphatic heterocycles. The Balaban J connectivity index is 1.77. The zero-order chi connectivity index (χ0) is 19.9. The molecule has 2 aliphatic rings. The summed E-state index contributed by atoms with van der Waals surface area (Å²) >= 11 is 0. The number of benzene rings is 1. The third-order valence-corrected chi connectivity index (χ3v) is 5.20. The Morgan fingerprint density at radius 1 is 1.07 bits per heavy atom. The van der Waals surface area contributed by atoms with Crippen LogP contribution in [0.4, 0.5) is 26.3 Å². The van der Waals surface area contributed by atoms with E-state index in [0.717, 1.165) is 12.8 Å². The average Bonchev–Trinajstić information content (AvgIpc) is 3.25. The molecule has 1 saturated heterocycles. The third-order valence-electron chi connectivity index (χ3n) is 5.20. The van der Waals surface area contributed by atoms with Crippen LogP contribution in [0.3, 0.4) is 0 Å². The number of nitrogens with one attached hydrogen (secondary N) is 2. The van der Waals surface area contributed by atoms with Crippen molar-refractivity contribution >= 4 is 5.91 Å². The third kappa shape index (κ3) is 4.75. The van der Waals surface area contributed by atoms with E-state index in [9.17, 15) is 31.1 Å². The lowest BCUT2D eigenvalue weighted by Gasteiger charge is -2.27. The maximum atomic E-state index is 12.9. The molecule has 3 rings (SSSR count). The van der Waals surface area contributed by atoms with Gasteiger partial charge in [-0.15, -0.1) is 0 Å². The van der Waals surface area contributed by atoms with Gasteiger partial charge in [-0.05, 0) is 49.1 Å². The maximum absolute atomic E-state index is 12.9. The first-order valence-corrected chi connectivity index (χ1v) is 8.77. The summed E-state index contributed by atoms with van der Waals surface area (Å²) in [7, 11) is 0. The number of halogens is 6. The number of hydrogen-bond acceptors (Lipinski definition) is 2. The van der Waals surface area contributed by atoms with Crippen molar-refractivity contribution in [2.45, 2.75) is 44.6 Å². The molecule has 2 fully saturated rings. The van der Waals surface area contributed by atoms with Crippen molar-refractivity contribution in [1.29, 1.82) is 0 Å². The minimum atomic E-state index is -4.90. The van der Waals surface area contributed by atoms with E-state index >= 15 is 0 Å². The van der Waals surface area contributed by atoms with Gasteiger partial charge >= 0.3 is 12.4 Å². The monoisotopic (exact) mass is 394 g/mol. The Morgan fingerprint density at radius 3 is 2.11 bits per heavy atom. The summed E-state index contributed by atoms with van der Waals surface area (Å²) in [5.74, 6) is 0.159. The van der Waals surface area contributed by atoms with Gasteiger partial charge in [-0.25, -0.2) is 0 Å². The fourth-order valence-electron chi connectivity index (χ4n) is 3.57. The second kappa shape index (κ2) is 7.00. The standard InChI is InChI=1S/C18H20F6N2O/c19-17(20,21)13-5-12(6-14(7-13)18(22,23)24)9-26-15(27)16(3-4-25-10-16)8-11-1-2-11/h5-7,11,25H,1-4,8-10H2,(H,26,27). The Kier molecular flexibility index (Phi) is 5.18. The van der Waals surface area contributed by atoms with Gasteiger partial charge < -0.3 is 10.6 Å². The molecule has 1 atom stereocenters. The van der Waals surface area contributed by atoms with Gasteiger partial charge in [0.2, 0.25) is 5.91 Å². The largest absolute Gasteiger partial charge is 0.416 e. The topological polar surface area (TPSA) is 41.1 Å². The minimum Gasteiger partial charge on any atom is -0.352 e. The summed E-state index contributed by atoms with van der Waals surface area (Å²) in [6, 6.07) is 1.38. The lowest BCUT2D eigenvalue weighted by molar-refractivity contribution is -0.143. The van der Waals surface area contributed by atoms with E-state index in [1.165, 1.54) is 0 Å². The molecule has 0 aromatic heterocycles. The summed E-state index contributed by atoms with van der Waals surface area (Å²) in [6.45, 7) is 0.770. The quantitative estimate of drug-likeness (QED) is 0.738. The van der Waals surface area contributed by atoms with Crippen LogP contribution in [-0.2, 0) is 23.7 Å². The predicted octanol–water partition coefficient (Wildman–Crippen LogP) is 4.12. The van der Waals surface area contributed by atoms with Gasteiger partial charge in [0.1, 0.15) is 0 Å². The molecule has 2 N–H and O–H groups in total. The van der Waals surface area contributed by atoms with E-state index in [4.69, 9.17) is 0 Å². The van der Waals surface area contributed by atoms with E-state index in [2.05, 4.69) is 10.6 Å². The second-order valence-electron chi connectivity index (χ2n) is 7.45. The first-order valence-electron chi connectivity index (χ1n) is 8.77. The number of hydrogen-bond donors (Lipinski definition) is 2. The van der Waals surface area contributed by atoms with Crippen molar-refractivity contribution in [3.05, 3.63) is 34.9 Å². The van der Waals surface area contributed by atoms with Crippen molar-refractivity contribution in [2.24, 2.45) is 11.3 Å². The molecular weight excluding hydrogens is 374 g/mol. The number of carbonyl (C=O) groups is 1. The number of amides is 1. The van der Waals surface area contributed by atoms with Crippen molar-refractivity contribution in [2.75, 3.05) is 13.1 Å². The van der Waals surface area contributed by atoms with Crippen LogP contribution in [0.1, 0.15) is 42.4 Å². The normalized spacial score (nSPS) is 23.5. The molecule has 1 heterocycles. The zero-order valence-electron chi connectivity index (χ0n) is 14.4. The van der Waals surface area contributed by atoms with E-state index in [1.807, 2.05) is 0 Å². The Morgan fingerprint density at radius 2 is 1.67 bits per heavy atom. The Bertz CT molecular complexity index is 671. The highest BCUT2D eigenvalue weighted by Gasteiger charge is 2.45. The molecule has 0 radical (unpaired) electrons. The second-order valence-corrected chi connectivity index (χ2v) is 7.45. The van der Waals surface area contributed by atoms with Crippen LogP contribution in [0.5, 0.6) is 0 Å². The van der Waals surface area contributed by atoms with E-state index in [1.54, 1.807) is 0 Å². The summed E-state index contributed by atoms with van der Waals surface area (Å²) in [6.07, 6.45) is -6.38. The molecule has 1 aliphatic carbocycles. The summed E-state index contributed by atoms with van der Waals surface area (Å²) in [5.41, 5.74) is -3.61. The van der Waals surface area contributed by atoms with Gasteiger partial charge in [0.05, 0.1) is 16.5 Å². The lowest BCUT2D eigenvalue weighted by Crippen LogP contribution is -2.42. The van der Waals surface area contributed by atoms with Gasteiger partial charge in [0.15, 0.2) is 0 Å². The average molecular weight is 394 g/mol. The molecule has 0 spiro atoms. The van der Waals surface area contributed by atoms with Crippen molar-refractivity contribution in [3.8, 4) is 0 Å². The van der Waals surface area contributed by atoms with Gasteiger partial charge in [0.25, 0.3) is 0 Å². The Labute approximate surface area is 152 Å². The molecule has 1 saturated carbocycles. The van der Waals surface area contributed by atoms with Crippen LogP contribution in [0, 0.1) is 11.3 Å². The molecule has 3 nitrogen and oxygen atoms in total. The number of carbonyl (C=O) groups excluding carboxylic acids is 1. The van der Waals surface area contributed by atoms with E-state index in [-0.39, 0.29) is 24.1 Å². The highest BCUT2D eigenvalue weighted by Crippen LogP contribution is 2.43. The van der Waals surface area contributed by atoms with E-state index in [0.29, 0.717) is 44.0 Å². The number of rotatable bonds is 5. The molecule has 0 bridgehead atoms. The molecule has 1 amide bonds. The molecule has 150 valence electrons. The van der Waals surface area contributed by atoms with E-state index < -0.39 is 28.9 Å². The fourth-order valence-corrected chi connectivity index (χ4v) is 3.57. The molecule has 1 aromatic carbocycles. The van der Waals surface area contributed by atoms with Gasteiger partial charge in [-0.2, -0.15) is 26.3 Å². The lowest BCUT2D eigenvalue weighted by atomic mass is 9.80. The van der Waals surface area contributed by atoms with Crippen LogP contribution in [0.2, 0.25) is 0 Å². The summed E-state index contributed by atoms with van der Waals surface area (Å²) < 4.78 is 77.6. The fraction of sp³-hybridized carbons (Fsp3) is 0.611. The minimum absolute atomic E-state index is 0.0841. The van der Waals surface area contributed by atoms with Crippen LogP contribution >= 0.6 is 0 Å². The Hall–Kier alpha value is -1.77. The molecule has 1 unspecified atom stereocenters.